The van der Waals surface area contributed by atoms with Crippen molar-refractivity contribution in [3.05, 3.63) is 28.8 Å². The zero-order chi connectivity index (χ0) is 19.8. The lowest BCUT2D eigenvalue weighted by Gasteiger charge is -2.23. The van der Waals surface area contributed by atoms with Gasteiger partial charge in [-0.25, -0.2) is 0 Å². The Labute approximate surface area is 155 Å². The van der Waals surface area contributed by atoms with Gasteiger partial charge in [0.15, 0.2) is 0 Å². The predicted octanol–water partition coefficient (Wildman–Crippen LogP) is 3.83. The summed E-state index contributed by atoms with van der Waals surface area (Å²) in [6, 6.07) is 3.76. The largest absolute Gasteiger partial charge is 0.318 e. The van der Waals surface area contributed by atoms with Crippen LogP contribution in [0, 0.1) is 0 Å². The highest BCUT2D eigenvalue weighted by atomic mass is 32.2. The lowest BCUT2D eigenvalue weighted by atomic mass is 9.89. The van der Waals surface area contributed by atoms with Crippen molar-refractivity contribution in [3.63, 3.8) is 0 Å². The van der Waals surface area contributed by atoms with E-state index in [0.717, 1.165) is 5.56 Å². The number of hydrogen-bond acceptors (Lipinski definition) is 5. The van der Waals surface area contributed by atoms with E-state index in [1.807, 2.05) is 39.8 Å². The fourth-order valence-electron chi connectivity index (χ4n) is 2.95. The van der Waals surface area contributed by atoms with Crippen LogP contribution in [0.5, 0.6) is 0 Å². The first-order valence-electron chi connectivity index (χ1n) is 8.93. The standard InChI is InChI=1S/C19H27NO5S/c1-11(2)14-9-15(12(3)4)19(16(10-14)13(5)6)26(23,24)25-20-17(21)7-8-18(20)22/h9-13H,7-8H2,1-6H3. The van der Waals surface area contributed by atoms with Crippen molar-refractivity contribution in [2.24, 2.45) is 0 Å². The van der Waals surface area contributed by atoms with Gasteiger partial charge in [0.1, 0.15) is 4.90 Å². The van der Waals surface area contributed by atoms with Crippen molar-refractivity contribution >= 4 is 21.9 Å². The van der Waals surface area contributed by atoms with Crippen LogP contribution in [0.2, 0.25) is 0 Å². The van der Waals surface area contributed by atoms with Gasteiger partial charge in [-0.3, -0.25) is 9.59 Å². The Morgan fingerprint density at radius 2 is 1.27 bits per heavy atom. The summed E-state index contributed by atoms with van der Waals surface area (Å²) in [6.07, 6.45) is -0.0660. The Kier molecular flexibility index (Phi) is 5.92. The number of nitrogens with zero attached hydrogens (tertiary/aromatic N) is 1. The molecule has 1 aliphatic heterocycles. The molecule has 7 heteroatoms. The lowest BCUT2D eigenvalue weighted by molar-refractivity contribution is -0.163. The smallest absolute Gasteiger partial charge is 0.272 e. The quantitative estimate of drug-likeness (QED) is 0.700. The van der Waals surface area contributed by atoms with Crippen molar-refractivity contribution < 1.29 is 22.3 Å². The van der Waals surface area contributed by atoms with E-state index in [4.69, 9.17) is 4.28 Å². The molecular weight excluding hydrogens is 354 g/mol. The second-order valence-electron chi connectivity index (χ2n) is 7.60. The van der Waals surface area contributed by atoms with Crippen molar-refractivity contribution in [1.82, 2.24) is 5.06 Å². The minimum Gasteiger partial charge on any atom is -0.272 e. The summed E-state index contributed by atoms with van der Waals surface area (Å²) in [6.45, 7) is 11.7. The van der Waals surface area contributed by atoms with Gasteiger partial charge >= 0.3 is 10.1 Å². The van der Waals surface area contributed by atoms with E-state index in [9.17, 15) is 18.0 Å². The molecule has 0 spiro atoms. The van der Waals surface area contributed by atoms with Gasteiger partial charge in [0.2, 0.25) is 0 Å². The molecule has 0 N–H and O–H groups in total. The van der Waals surface area contributed by atoms with Crippen LogP contribution in [0.25, 0.3) is 0 Å². The van der Waals surface area contributed by atoms with Crippen LogP contribution in [0.3, 0.4) is 0 Å². The number of hydrogen-bond donors (Lipinski definition) is 0. The average Bonchev–Trinajstić information content (AvgIpc) is 2.84. The average molecular weight is 381 g/mol. The van der Waals surface area contributed by atoms with E-state index in [2.05, 4.69) is 13.8 Å². The van der Waals surface area contributed by atoms with Crippen LogP contribution in [-0.4, -0.2) is 25.3 Å². The highest BCUT2D eigenvalue weighted by Gasteiger charge is 2.37. The third-order valence-electron chi connectivity index (χ3n) is 4.51. The van der Waals surface area contributed by atoms with Crippen molar-refractivity contribution in [3.8, 4) is 0 Å². The summed E-state index contributed by atoms with van der Waals surface area (Å²) in [5.74, 6) is -1.15. The number of rotatable bonds is 6. The highest BCUT2D eigenvalue weighted by Crippen LogP contribution is 2.36. The number of amides is 2. The Morgan fingerprint density at radius 3 is 1.62 bits per heavy atom. The first-order chi connectivity index (χ1) is 12.0. The van der Waals surface area contributed by atoms with Gasteiger partial charge < -0.3 is 0 Å². The molecule has 144 valence electrons. The lowest BCUT2D eigenvalue weighted by Crippen LogP contribution is -2.33. The van der Waals surface area contributed by atoms with Crippen LogP contribution in [0.15, 0.2) is 17.0 Å². The van der Waals surface area contributed by atoms with Gasteiger partial charge in [-0.15, -0.1) is 9.35 Å². The summed E-state index contributed by atoms with van der Waals surface area (Å²) in [5, 5.41) is 0.389. The van der Waals surface area contributed by atoms with Gasteiger partial charge in [0.25, 0.3) is 11.8 Å². The van der Waals surface area contributed by atoms with Crippen LogP contribution < -0.4 is 0 Å². The van der Waals surface area contributed by atoms with E-state index in [0.29, 0.717) is 16.2 Å². The minimum absolute atomic E-state index is 0.0330. The molecule has 1 aliphatic rings. The molecule has 1 heterocycles. The fourth-order valence-corrected chi connectivity index (χ4v) is 4.56. The van der Waals surface area contributed by atoms with Crippen molar-refractivity contribution in [1.29, 1.82) is 0 Å². The Hall–Kier alpha value is -1.73. The number of benzene rings is 1. The Bertz CT molecular complexity index is 779. The first kappa shape index (κ1) is 20.6. The van der Waals surface area contributed by atoms with Gasteiger partial charge in [-0.1, -0.05) is 53.7 Å². The third-order valence-corrected chi connectivity index (χ3v) is 5.82. The van der Waals surface area contributed by atoms with E-state index >= 15 is 0 Å². The number of imide groups is 1. The van der Waals surface area contributed by atoms with Gasteiger partial charge in [0, 0.05) is 12.8 Å². The van der Waals surface area contributed by atoms with Gasteiger partial charge in [-0.05, 0) is 34.4 Å². The zero-order valence-corrected chi connectivity index (χ0v) is 17.0. The summed E-state index contributed by atoms with van der Waals surface area (Å²) >= 11 is 0. The van der Waals surface area contributed by atoms with E-state index in [1.54, 1.807) is 0 Å². The summed E-state index contributed by atoms with van der Waals surface area (Å²) < 4.78 is 31.1. The molecule has 0 atom stereocenters. The second kappa shape index (κ2) is 7.48. The van der Waals surface area contributed by atoms with E-state index < -0.39 is 21.9 Å². The maximum Gasteiger partial charge on any atom is 0.318 e. The molecule has 2 rings (SSSR count). The molecule has 1 aromatic rings. The Morgan fingerprint density at radius 1 is 0.846 bits per heavy atom. The molecule has 0 saturated carbocycles. The molecule has 0 aliphatic carbocycles. The molecule has 1 fully saturated rings. The molecule has 0 unspecified atom stereocenters. The number of hydroxylamine groups is 2. The fraction of sp³-hybridized carbons (Fsp3) is 0.579. The maximum atomic E-state index is 13.0. The topological polar surface area (TPSA) is 80.8 Å². The van der Waals surface area contributed by atoms with Crippen LogP contribution >= 0.6 is 0 Å². The molecule has 6 nitrogen and oxygen atoms in total. The van der Waals surface area contributed by atoms with Gasteiger partial charge in [0.05, 0.1) is 0 Å². The maximum absolute atomic E-state index is 13.0. The summed E-state index contributed by atoms with van der Waals surface area (Å²) in [7, 11) is -4.32. The molecule has 0 aromatic heterocycles. The van der Waals surface area contributed by atoms with E-state index in [1.165, 1.54) is 0 Å². The predicted molar refractivity (Wildman–Crippen MR) is 98.1 cm³/mol. The van der Waals surface area contributed by atoms with Gasteiger partial charge in [-0.2, -0.15) is 8.42 Å². The molecule has 26 heavy (non-hydrogen) atoms. The SMILES string of the molecule is CC(C)c1cc(C(C)C)c(S(=O)(=O)ON2C(=O)CCC2=O)c(C(C)C)c1. The third kappa shape index (κ3) is 3.99. The zero-order valence-electron chi connectivity index (χ0n) is 16.2. The van der Waals surface area contributed by atoms with E-state index in [-0.39, 0.29) is 35.5 Å². The number of carbonyl (C=O) groups is 2. The van der Waals surface area contributed by atoms with Crippen molar-refractivity contribution in [2.45, 2.75) is 77.0 Å². The van der Waals surface area contributed by atoms with Crippen LogP contribution in [-0.2, 0) is 24.0 Å². The Balaban J connectivity index is 2.65. The minimum atomic E-state index is -4.32. The molecular formula is C19H27NO5S. The normalized spacial score (nSPS) is 15.8. The molecule has 0 bridgehead atoms. The van der Waals surface area contributed by atoms with Crippen LogP contribution in [0.1, 0.15) is 88.8 Å². The monoisotopic (exact) mass is 381 g/mol. The molecule has 1 aromatic carbocycles. The number of carbonyl (C=O) groups excluding carboxylic acids is 2. The summed E-state index contributed by atoms with van der Waals surface area (Å²) in [5.41, 5.74) is 2.32. The molecule has 1 saturated heterocycles. The first-order valence-corrected chi connectivity index (χ1v) is 10.3. The summed E-state index contributed by atoms with van der Waals surface area (Å²) in [4.78, 5) is 23.6. The molecule has 0 radical (unpaired) electrons. The molecule has 2 amide bonds. The second-order valence-corrected chi connectivity index (χ2v) is 9.07. The van der Waals surface area contributed by atoms with Crippen LogP contribution in [0.4, 0.5) is 0 Å². The highest BCUT2D eigenvalue weighted by molar-refractivity contribution is 7.86. The van der Waals surface area contributed by atoms with Crippen molar-refractivity contribution in [2.75, 3.05) is 0 Å².